The highest BCUT2D eigenvalue weighted by atomic mass is 32.2. The Labute approximate surface area is 183 Å². The minimum Gasteiger partial charge on any atom is -0.496 e. The molecular formula is C22H28N2O6S. The van der Waals surface area contributed by atoms with Gasteiger partial charge in [-0.05, 0) is 55.2 Å². The second kappa shape index (κ2) is 10.0. The molecule has 1 fully saturated rings. The predicted octanol–water partition coefficient (Wildman–Crippen LogP) is 2.47. The maximum atomic E-state index is 12.8. The molecule has 9 heteroatoms. The van der Waals surface area contributed by atoms with Crippen molar-refractivity contribution in [3.05, 3.63) is 47.5 Å². The third-order valence-corrected chi connectivity index (χ3v) is 6.72. The van der Waals surface area contributed by atoms with Crippen molar-refractivity contribution in [2.24, 2.45) is 0 Å². The van der Waals surface area contributed by atoms with Crippen molar-refractivity contribution < 1.29 is 27.4 Å². The number of likely N-dealkylation sites (tertiary alicyclic amines) is 1. The number of nitrogens with one attached hydrogen (secondary N) is 1. The second-order valence-electron chi connectivity index (χ2n) is 7.20. The highest BCUT2D eigenvalue weighted by molar-refractivity contribution is 7.89. The zero-order valence-corrected chi connectivity index (χ0v) is 18.8. The summed E-state index contributed by atoms with van der Waals surface area (Å²) in [5.74, 6) is 1.35. The van der Waals surface area contributed by atoms with E-state index in [4.69, 9.17) is 14.2 Å². The SMILES string of the molecule is COc1ccc(CCNS(=O)(=O)c2ccc(OC)c(C(=O)N3CCCC3)c2)cc1OC. The smallest absolute Gasteiger partial charge is 0.257 e. The first-order valence-corrected chi connectivity index (χ1v) is 11.6. The number of sulfonamides is 1. The molecule has 1 saturated heterocycles. The lowest BCUT2D eigenvalue weighted by atomic mass is 10.1. The van der Waals surface area contributed by atoms with Gasteiger partial charge in [0.1, 0.15) is 5.75 Å². The summed E-state index contributed by atoms with van der Waals surface area (Å²) in [5.41, 5.74) is 1.16. The first-order valence-electron chi connectivity index (χ1n) is 10.1. The molecule has 2 aromatic carbocycles. The number of rotatable bonds is 9. The number of amides is 1. The van der Waals surface area contributed by atoms with Gasteiger partial charge < -0.3 is 19.1 Å². The van der Waals surface area contributed by atoms with E-state index in [0.29, 0.717) is 36.8 Å². The molecule has 0 aliphatic carbocycles. The van der Waals surface area contributed by atoms with Crippen molar-refractivity contribution in [2.45, 2.75) is 24.2 Å². The highest BCUT2D eigenvalue weighted by Crippen LogP contribution is 2.28. The summed E-state index contributed by atoms with van der Waals surface area (Å²) in [6.07, 6.45) is 2.36. The molecule has 8 nitrogen and oxygen atoms in total. The number of hydrogen-bond donors (Lipinski definition) is 1. The molecule has 1 heterocycles. The maximum absolute atomic E-state index is 12.8. The Morgan fingerprint density at radius 2 is 1.58 bits per heavy atom. The fourth-order valence-corrected chi connectivity index (χ4v) is 4.62. The largest absolute Gasteiger partial charge is 0.496 e. The molecule has 0 spiro atoms. The van der Waals surface area contributed by atoms with Crippen LogP contribution in [0.1, 0.15) is 28.8 Å². The molecule has 0 atom stereocenters. The third kappa shape index (κ3) is 5.29. The van der Waals surface area contributed by atoms with Gasteiger partial charge in [0.25, 0.3) is 5.91 Å². The predicted molar refractivity (Wildman–Crippen MR) is 117 cm³/mol. The summed E-state index contributed by atoms with van der Waals surface area (Å²) in [7, 11) is 0.778. The van der Waals surface area contributed by atoms with E-state index in [1.54, 1.807) is 25.2 Å². The summed E-state index contributed by atoms with van der Waals surface area (Å²) >= 11 is 0. The normalized spacial score (nSPS) is 13.8. The first kappa shape index (κ1) is 22.9. The Hall–Kier alpha value is -2.78. The summed E-state index contributed by atoms with van der Waals surface area (Å²) in [4.78, 5) is 14.6. The van der Waals surface area contributed by atoms with Crippen molar-refractivity contribution in [1.29, 1.82) is 0 Å². The van der Waals surface area contributed by atoms with Crippen LogP contribution >= 0.6 is 0 Å². The van der Waals surface area contributed by atoms with Crippen molar-refractivity contribution in [1.82, 2.24) is 9.62 Å². The van der Waals surface area contributed by atoms with Crippen molar-refractivity contribution in [2.75, 3.05) is 41.0 Å². The lowest BCUT2D eigenvalue weighted by Gasteiger charge is -2.18. The number of methoxy groups -OCH3 is 3. The Morgan fingerprint density at radius 1 is 0.935 bits per heavy atom. The molecule has 1 amide bonds. The summed E-state index contributed by atoms with van der Waals surface area (Å²) < 4.78 is 44.0. The van der Waals surface area contributed by atoms with E-state index in [0.717, 1.165) is 18.4 Å². The Morgan fingerprint density at radius 3 is 2.23 bits per heavy atom. The monoisotopic (exact) mass is 448 g/mol. The van der Waals surface area contributed by atoms with Gasteiger partial charge in [0.05, 0.1) is 31.8 Å². The van der Waals surface area contributed by atoms with Gasteiger partial charge in [0.15, 0.2) is 11.5 Å². The van der Waals surface area contributed by atoms with Crippen LogP contribution in [-0.4, -0.2) is 60.2 Å². The number of benzene rings is 2. The van der Waals surface area contributed by atoms with Crippen LogP contribution in [0, 0.1) is 0 Å². The van der Waals surface area contributed by atoms with E-state index in [-0.39, 0.29) is 22.9 Å². The topological polar surface area (TPSA) is 94.2 Å². The molecule has 0 unspecified atom stereocenters. The van der Waals surface area contributed by atoms with Crippen molar-refractivity contribution in [3.8, 4) is 17.2 Å². The minimum atomic E-state index is -3.80. The lowest BCUT2D eigenvalue weighted by Crippen LogP contribution is -2.29. The van der Waals surface area contributed by atoms with Crippen LogP contribution < -0.4 is 18.9 Å². The van der Waals surface area contributed by atoms with Gasteiger partial charge in [-0.3, -0.25) is 4.79 Å². The van der Waals surface area contributed by atoms with Crippen LogP contribution in [0.2, 0.25) is 0 Å². The van der Waals surface area contributed by atoms with Gasteiger partial charge in [-0.15, -0.1) is 0 Å². The van der Waals surface area contributed by atoms with E-state index in [1.807, 2.05) is 12.1 Å². The maximum Gasteiger partial charge on any atom is 0.257 e. The van der Waals surface area contributed by atoms with E-state index in [9.17, 15) is 13.2 Å². The van der Waals surface area contributed by atoms with Crippen LogP contribution in [-0.2, 0) is 16.4 Å². The van der Waals surface area contributed by atoms with Gasteiger partial charge in [0.2, 0.25) is 10.0 Å². The fourth-order valence-electron chi connectivity index (χ4n) is 3.56. The zero-order chi connectivity index (χ0) is 22.4. The molecule has 0 radical (unpaired) electrons. The second-order valence-corrected chi connectivity index (χ2v) is 8.97. The van der Waals surface area contributed by atoms with Crippen LogP contribution in [0.15, 0.2) is 41.3 Å². The molecule has 0 saturated carbocycles. The molecule has 168 valence electrons. The standard InChI is InChI=1S/C22H28N2O6S/c1-28-19-9-7-17(15-18(19)22(25)24-12-4-5-13-24)31(26,27)23-11-10-16-6-8-20(29-2)21(14-16)30-3/h6-9,14-15,23H,4-5,10-13H2,1-3H3. The lowest BCUT2D eigenvalue weighted by molar-refractivity contribution is 0.0789. The molecule has 1 N–H and O–H groups in total. The van der Waals surface area contributed by atoms with E-state index >= 15 is 0 Å². The summed E-state index contributed by atoms with van der Waals surface area (Å²) in [6.45, 7) is 1.53. The number of ether oxygens (including phenoxy) is 3. The van der Waals surface area contributed by atoms with Crippen molar-refractivity contribution in [3.63, 3.8) is 0 Å². The molecule has 0 bridgehead atoms. The van der Waals surface area contributed by atoms with Crippen LogP contribution in [0.3, 0.4) is 0 Å². The molecular weight excluding hydrogens is 420 g/mol. The molecule has 31 heavy (non-hydrogen) atoms. The summed E-state index contributed by atoms with van der Waals surface area (Å²) in [5, 5.41) is 0. The Balaban J connectivity index is 1.73. The van der Waals surface area contributed by atoms with Crippen molar-refractivity contribution >= 4 is 15.9 Å². The Bertz CT molecular complexity index is 1030. The molecule has 2 aromatic rings. The molecule has 0 aromatic heterocycles. The van der Waals surface area contributed by atoms with Crippen LogP contribution in [0.4, 0.5) is 0 Å². The number of nitrogens with zero attached hydrogens (tertiary/aromatic N) is 1. The average molecular weight is 449 g/mol. The van der Waals surface area contributed by atoms with Gasteiger partial charge in [-0.25, -0.2) is 13.1 Å². The van der Waals surface area contributed by atoms with Gasteiger partial charge in [-0.2, -0.15) is 0 Å². The highest BCUT2D eigenvalue weighted by Gasteiger charge is 2.25. The number of hydrogen-bond acceptors (Lipinski definition) is 6. The Kier molecular flexibility index (Phi) is 7.40. The first-order chi connectivity index (χ1) is 14.9. The number of carbonyl (C=O) groups is 1. The number of carbonyl (C=O) groups excluding carboxylic acids is 1. The van der Waals surface area contributed by atoms with E-state index in [2.05, 4.69) is 4.72 Å². The quantitative estimate of drug-likeness (QED) is 0.633. The summed E-state index contributed by atoms with van der Waals surface area (Å²) in [6, 6.07) is 9.80. The fraction of sp³-hybridized carbons (Fsp3) is 0.409. The third-order valence-electron chi connectivity index (χ3n) is 5.26. The molecule has 1 aliphatic heterocycles. The minimum absolute atomic E-state index is 0.0307. The van der Waals surface area contributed by atoms with E-state index < -0.39 is 10.0 Å². The van der Waals surface area contributed by atoms with Crippen LogP contribution in [0.25, 0.3) is 0 Å². The molecule has 1 aliphatic rings. The van der Waals surface area contributed by atoms with Gasteiger partial charge >= 0.3 is 0 Å². The van der Waals surface area contributed by atoms with E-state index in [1.165, 1.54) is 25.3 Å². The van der Waals surface area contributed by atoms with Gasteiger partial charge in [-0.1, -0.05) is 6.07 Å². The van der Waals surface area contributed by atoms with Gasteiger partial charge in [0, 0.05) is 19.6 Å². The van der Waals surface area contributed by atoms with Crippen LogP contribution in [0.5, 0.6) is 17.2 Å². The zero-order valence-electron chi connectivity index (χ0n) is 18.0. The average Bonchev–Trinajstić information content (AvgIpc) is 3.32. The molecule has 3 rings (SSSR count).